The van der Waals surface area contributed by atoms with Crippen molar-refractivity contribution in [2.45, 2.75) is 43.9 Å². The zero-order chi connectivity index (χ0) is 18.0. The summed E-state index contributed by atoms with van der Waals surface area (Å²) in [6.07, 6.45) is 2.88. The van der Waals surface area contributed by atoms with Crippen LogP contribution >= 0.6 is 0 Å². The van der Waals surface area contributed by atoms with Crippen molar-refractivity contribution in [3.63, 3.8) is 0 Å². The monoisotopic (exact) mass is 363 g/mol. The third-order valence-electron chi connectivity index (χ3n) is 4.88. The van der Waals surface area contributed by atoms with Crippen LogP contribution in [0.2, 0.25) is 0 Å². The Balaban J connectivity index is 1.89. The predicted octanol–water partition coefficient (Wildman–Crippen LogP) is 2.99. The molecule has 136 valence electrons. The molecule has 1 N–H and O–H groups in total. The molecule has 1 aliphatic rings. The lowest BCUT2D eigenvalue weighted by molar-refractivity contribution is 0.404. The third-order valence-corrected chi connectivity index (χ3v) is 7.01. The number of nitrogens with one attached hydrogen (secondary N) is 1. The molecule has 3 rings (SSSR count). The highest BCUT2D eigenvalue weighted by Crippen LogP contribution is 2.31. The van der Waals surface area contributed by atoms with Crippen LogP contribution in [0.25, 0.3) is 0 Å². The number of ether oxygens (including phenoxy) is 1. The minimum Gasteiger partial charge on any atom is -0.497 e. The molecule has 0 amide bonds. The van der Waals surface area contributed by atoms with Gasteiger partial charge < -0.3 is 4.74 Å². The normalized spacial score (nSPS) is 19.6. The number of aromatic amines is 1. The lowest BCUT2D eigenvalue weighted by Gasteiger charge is -2.24. The van der Waals surface area contributed by atoms with E-state index in [0.717, 1.165) is 30.6 Å². The number of nitrogens with zero attached hydrogens (tertiary/aromatic N) is 2. The Bertz CT molecular complexity index is 808. The van der Waals surface area contributed by atoms with Crippen LogP contribution in [0.15, 0.2) is 29.2 Å². The van der Waals surface area contributed by atoms with Gasteiger partial charge in [-0.2, -0.15) is 9.40 Å². The van der Waals surface area contributed by atoms with Crippen LogP contribution in [0.3, 0.4) is 0 Å². The van der Waals surface area contributed by atoms with Crippen molar-refractivity contribution in [1.29, 1.82) is 0 Å². The standard InChI is InChI=1S/C18H25N3O3S/c1-13-18(14(2)20-19-13)25(22,23)21-11-5-4-6-16(12-21)15-7-9-17(24-3)10-8-15/h7-10,16H,4-6,11-12H2,1-3H3,(H,19,20). The Kier molecular flexibility index (Phi) is 5.15. The Morgan fingerprint density at radius 2 is 1.92 bits per heavy atom. The fourth-order valence-electron chi connectivity index (χ4n) is 3.52. The molecule has 2 aromatic rings. The lowest BCUT2D eigenvalue weighted by atomic mass is 9.94. The lowest BCUT2D eigenvalue weighted by Crippen LogP contribution is -2.34. The van der Waals surface area contributed by atoms with E-state index in [1.807, 2.05) is 24.3 Å². The van der Waals surface area contributed by atoms with E-state index in [9.17, 15) is 8.42 Å². The minimum absolute atomic E-state index is 0.190. The van der Waals surface area contributed by atoms with E-state index in [0.29, 0.717) is 29.4 Å². The van der Waals surface area contributed by atoms with Gasteiger partial charge in [-0.05, 0) is 50.3 Å². The van der Waals surface area contributed by atoms with Gasteiger partial charge in [0.1, 0.15) is 10.6 Å². The van der Waals surface area contributed by atoms with E-state index in [-0.39, 0.29) is 5.92 Å². The average molecular weight is 363 g/mol. The van der Waals surface area contributed by atoms with Crippen LogP contribution in [0.5, 0.6) is 5.75 Å². The highest BCUT2D eigenvalue weighted by atomic mass is 32.2. The first kappa shape index (κ1) is 17.9. The van der Waals surface area contributed by atoms with Crippen LogP contribution in [-0.4, -0.2) is 43.1 Å². The maximum absolute atomic E-state index is 13.2. The number of H-pyrrole nitrogens is 1. The van der Waals surface area contributed by atoms with Crippen LogP contribution in [-0.2, 0) is 10.0 Å². The number of hydrogen-bond acceptors (Lipinski definition) is 4. The van der Waals surface area contributed by atoms with Crippen LogP contribution in [0, 0.1) is 13.8 Å². The van der Waals surface area contributed by atoms with E-state index in [1.165, 1.54) is 0 Å². The highest BCUT2D eigenvalue weighted by molar-refractivity contribution is 7.89. The van der Waals surface area contributed by atoms with Gasteiger partial charge in [-0.25, -0.2) is 8.42 Å². The van der Waals surface area contributed by atoms with Gasteiger partial charge in [-0.15, -0.1) is 0 Å². The smallest absolute Gasteiger partial charge is 0.246 e. The highest BCUT2D eigenvalue weighted by Gasteiger charge is 2.32. The van der Waals surface area contributed by atoms with Crippen molar-refractivity contribution in [2.75, 3.05) is 20.2 Å². The first-order valence-corrected chi connectivity index (χ1v) is 10.0. The van der Waals surface area contributed by atoms with Crippen LogP contribution < -0.4 is 4.74 Å². The predicted molar refractivity (Wildman–Crippen MR) is 96.4 cm³/mol. The molecule has 1 atom stereocenters. The largest absolute Gasteiger partial charge is 0.497 e. The summed E-state index contributed by atoms with van der Waals surface area (Å²) in [5.74, 6) is 1.00. The topological polar surface area (TPSA) is 75.3 Å². The molecular formula is C18H25N3O3S. The van der Waals surface area contributed by atoms with Crippen LogP contribution in [0.4, 0.5) is 0 Å². The van der Waals surface area contributed by atoms with Gasteiger partial charge in [0.05, 0.1) is 18.5 Å². The zero-order valence-electron chi connectivity index (χ0n) is 14.9. The summed E-state index contributed by atoms with van der Waals surface area (Å²) in [6.45, 7) is 4.54. The molecule has 2 heterocycles. The van der Waals surface area contributed by atoms with Gasteiger partial charge in [-0.1, -0.05) is 18.6 Å². The van der Waals surface area contributed by atoms with E-state index in [2.05, 4.69) is 10.2 Å². The van der Waals surface area contributed by atoms with E-state index < -0.39 is 10.0 Å². The van der Waals surface area contributed by atoms with Crippen molar-refractivity contribution >= 4 is 10.0 Å². The Labute approximate surface area is 149 Å². The quantitative estimate of drug-likeness (QED) is 0.906. The fraction of sp³-hybridized carbons (Fsp3) is 0.500. The molecule has 1 aromatic heterocycles. The molecule has 1 fully saturated rings. The number of sulfonamides is 1. The second-order valence-corrected chi connectivity index (χ2v) is 8.47. The first-order chi connectivity index (χ1) is 11.9. The van der Waals surface area contributed by atoms with Gasteiger partial charge in [0, 0.05) is 13.1 Å². The van der Waals surface area contributed by atoms with Gasteiger partial charge in [0.15, 0.2) is 0 Å². The van der Waals surface area contributed by atoms with Gasteiger partial charge >= 0.3 is 0 Å². The first-order valence-electron chi connectivity index (χ1n) is 8.59. The maximum Gasteiger partial charge on any atom is 0.246 e. The van der Waals surface area contributed by atoms with Crippen molar-refractivity contribution in [3.05, 3.63) is 41.2 Å². The van der Waals surface area contributed by atoms with E-state index in [4.69, 9.17) is 4.74 Å². The number of hydrogen-bond donors (Lipinski definition) is 1. The number of benzene rings is 1. The SMILES string of the molecule is COc1ccc(C2CCCCN(S(=O)(=O)c3c(C)n[nH]c3C)C2)cc1. The van der Waals surface area contributed by atoms with Gasteiger partial charge in [0.2, 0.25) is 10.0 Å². The molecule has 0 radical (unpaired) electrons. The molecule has 7 heteroatoms. The van der Waals surface area contributed by atoms with Crippen molar-refractivity contribution in [3.8, 4) is 5.75 Å². The summed E-state index contributed by atoms with van der Waals surface area (Å²) in [6, 6.07) is 7.94. The summed E-state index contributed by atoms with van der Waals surface area (Å²) in [4.78, 5) is 0.322. The number of rotatable bonds is 4. The molecule has 1 aliphatic heterocycles. The Morgan fingerprint density at radius 3 is 2.52 bits per heavy atom. The molecule has 0 saturated carbocycles. The number of aryl methyl sites for hydroxylation is 2. The molecule has 1 saturated heterocycles. The third kappa shape index (κ3) is 3.57. The van der Waals surface area contributed by atoms with Gasteiger partial charge in [0.25, 0.3) is 0 Å². The summed E-state index contributed by atoms with van der Waals surface area (Å²) in [5, 5.41) is 6.84. The summed E-state index contributed by atoms with van der Waals surface area (Å²) in [7, 11) is -1.90. The second-order valence-electron chi connectivity index (χ2n) is 6.59. The molecule has 0 bridgehead atoms. The van der Waals surface area contributed by atoms with Crippen molar-refractivity contribution in [1.82, 2.24) is 14.5 Å². The number of methoxy groups -OCH3 is 1. The maximum atomic E-state index is 13.2. The molecule has 0 spiro atoms. The molecule has 1 unspecified atom stereocenters. The van der Waals surface area contributed by atoms with E-state index in [1.54, 1.807) is 25.3 Å². The minimum atomic E-state index is -3.54. The fourth-order valence-corrected chi connectivity index (χ4v) is 5.38. The zero-order valence-corrected chi connectivity index (χ0v) is 15.8. The molecule has 6 nitrogen and oxygen atoms in total. The van der Waals surface area contributed by atoms with Crippen LogP contribution in [0.1, 0.15) is 42.1 Å². The average Bonchev–Trinajstić information content (AvgIpc) is 2.81. The molecule has 25 heavy (non-hydrogen) atoms. The van der Waals surface area contributed by atoms with Crippen molar-refractivity contribution < 1.29 is 13.2 Å². The summed E-state index contributed by atoms with van der Waals surface area (Å²) in [5.41, 5.74) is 2.29. The molecular weight excluding hydrogens is 338 g/mol. The second kappa shape index (κ2) is 7.17. The molecule has 0 aliphatic carbocycles. The van der Waals surface area contributed by atoms with Crippen molar-refractivity contribution in [2.24, 2.45) is 0 Å². The Morgan fingerprint density at radius 1 is 1.20 bits per heavy atom. The summed E-state index contributed by atoms with van der Waals surface area (Å²) < 4.78 is 33.2. The number of aromatic nitrogens is 2. The summed E-state index contributed by atoms with van der Waals surface area (Å²) >= 11 is 0. The van der Waals surface area contributed by atoms with E-state index >= 15 is 0 Å². The van der Waals surface area contributed by atoms with Gasteiger partial charge in [-0.3, -0.25) is 5.10 Å². The molecule has 1 aromatic carbocycles. The Hall–Kier alpha value is -1.86.